The minimum Gasteiger partial charge on any atom is -0.507 e. The van der Waals surface area contributed by atoms with Crippen molar-refractivity contribution >= 4 is 44.1 Å². The molecule has 1 fully saturated rings. The van der Waals surface area contributed by atoms with Crippen LogP contribution in [0.15, 0.2) is 72.3 Å². The zero-order valence-corrected chi connectivity index (χ0v) is 20.1. The number of methoxy groups -OCH3 is 2. The van der Waals surface area contributed by atoms with Gasteiger partial charge in [0.2, 0.25) is 0 Å². The van der Waals surface area contributed by atoms with Gasteiger partial charge in [0.15, 0.2) is 16.6 Å². The van der Waals surface area contributed by atoms with Gasteiger partial charge in [-0.05, 0) is 36.8 Å². The first kappa shape index (κ1) is 22.6. The number of ether oxygens (including phenoxy) is 2. The van der Waals surface area contributed by atoms with Crippen LogP contribution in [0.1, 0.15) is 22.7 Å². The number of ketones is 1. The Morgan fingerprint density at radius 3 is 2.37 bits per heavy atom. The molecule has 0 saturated carbocycles. The van der Waals surface area contributed by atoms with Crippen molar-refractivity contribution in [1.82, 2.24) is 4.98 Å². The molecule has 0 radical (unpaired) electrons. The number of aliphatic hydroxyl groups excluding tert-OH is 1. The molecule has 0 bridgehead atoms. The summed E-state index contributed by atoms with van der Waals surface area (Å²) < 4.78 is 11.7. The molecule has 1 aromatic heterocycles. The van der Waals surface area contributed by atoms with Gasteiger partial charge in [0.1, 0.15) is 5.76 Å². The topological polar surface area (TPSA) is 89.0 Å². The highest BCUT2D eigenvalue weighted by Gasteiger charge is 2.48. The first-order valence-corrected chi connectivity index (χ1v) is 11.7. The van der Waals surface area contributed by atoms with Crippen LogP contribution >= 0.6 is 11.3 Å². The molecule has 1 atom stereocenters. The zero-order valence-electron chi connectivity index (χ0n) is 19.3. The molecule has 5 rings (SSSR count). The number of rotatable bonds is 5. The number of anilines is 1. The number of carbonyl (C=O) groups excluding carboxylic acids is 2. The Labute approximate surface area is 205 Å². The number of hydrogen-bond acceptors (Lipinski definition) is 7. The molecular weight excluding hydrogens is 464 g/mol. The lowest BCUT2D eigenvalue weighted by atomic mass is 9.95. The molecule has 2 heterocycles. The second-order valence-electron chi connectivity index (χ2n) is 8.11. The highest BCUT2D eigenvalue weighted by molar-refractivity contribution is 7.22. The third kappa shape index (κ3) is 3.81. The molecule has 0 unspecified atom stereocenters. The number of carbonyl (C=O) groups is 2. The average molecular weight is 487 g/mol. The highest BCUT2D eigenvalue weighted by Crippen LogP contribution is 2.45. The minimum absolute atomic E-state index is 0.00895. The van der Waals surface area contributed by atoms with Gasteiger partial charge in [-0.2, -0.15) is 0 Å². The quantitative estimate of drug-likeness (QED) is 0.236. The Kier molecular flexibility index (Phi) is 5.74. The molecule has 4 aromatic rings. The number of para-hydroxylation sites is 1. The first-order valence-electron chi connectivity index (χ1n) is 10.9. The predicted molar refractivity (Wildman–Crippen MR) is 135 cm³/mol. The summed E-state index contributed by atoms with van der Waals surface area (Å²) in [5.74, 6) is -0.826. The number of aromatic nitrogens is 1. The highest BCUT2D eigenvalue weighted by atomic mass is 32.1. The van der Waals surface area contributed by atoms with Crippen molar-refractivity contribution in [3.05, 3.63) is 89.0 Å². The van der Waals surface area contributed by atoms with Crippen LogP contribution in [0.5, 0.6) is 11.5 Å². The largest absolute Gasteiger partial charge is 0.507 e. The van der Waals surface area contributed by atoms with Crippen LogP contribution in [0.4, 0.5) is 5.13 Å². The number of hydrogen-bond donors (Lipinski definition) is 1. The van der Waals surface area contributed by atoms with Crippen molar-refractivity contribution in [2.45, 2.75) is 13.0 Å². The van der Waals surface area contributed by atoms with Gasteiger partial charge in [-0.3, -0.25) is 14.5 Å². The van der Waals surface area contributed by atoms with Crippen LogP contribution in [0, 0.1) is 6.92 Å². The smallest absolute Gasteiger partial charge is 0.301 e. The van der Waals surface area contributed by atoms with E-state index in [2.05, 4.69) is 4.98 Å². The fourth-order valence-electron chi connectivity index (χ4n) is 4.20. The van der Waals surface area contributed by atoms with Crippen molar-refractivity contribution in [2.24, 2.45) is 0 Å². The maximum absolute atomic E-state index is 13.4. The molecule has 1 saturated heterocycles. The van der Waals surface area contributed by atoms with Crippen LogP contribution in [-0.2, 0) is 9.59 Å². The van der Waals surface area contributed by atoms with E-state index in [4.69, 9.17) is 9.47 Å². The molecule has 35 heavy (non-hydrogen) atoms. The summed E-state index contributed by atoms with van der Waals surface area (Å²) >= 11 is 1.31. The Balaban J connectivity index is 1.75. The maximum Gasteiger partial charge on any atom is 0.301 e. The number of aliphatic hydroxyl groups is 1. The normalized spacial score (nSPS) is 17.2. The molecule has 1 N–H and O–H groups in total. The Morgan fingerprint density at radius 2 is 1.69 bits per heavy atom. The fourth-order valence-corrected chi connectivity index (χ4v) is 5.19. The van der Waals surface area contributed by atoms with E-state index in [9.17, 15) is 14.7 Å². The first-order chi connectivity index (χ1) is 16.9. The van der Waals surface area contributed by atoms with Crippen LogP contribution in [-0.4, -0.2) is 36.0 Å². The summed E-state index contributed by atoms with van der Waals surface area (Å²) in [5.41, 5.74) is 2.75. The van der Waals surface area contributed by atoms with E-state index >= 15 is 0 Å². The monoisotopic (exact) mass is 486 g/mol. The summed E-state index contributed by atoms with van der Waals surface area (Å²) in [6, 6.07) is 18.9. The van der Waals surface area contributed by atoms with Gasteiger partial charge < -0.3 is 14.6 Å². The summed E-state index contributed by atoms with van der Waals surface area (Å²) in [5, 5.41) is 11.6. The predicted octanol–water partition coefficient (Wildman–Crippen LogP) is 5.25. The van der Waals surface area contributed by atoms with Gasteiger partial charge in [-0.25, -0.2) is 4.98 Å². The SMILES string of the molecule is COc1ccc([C@H]2/C(=C(\O)c3ccc(C)cc3)C(=O)C(=O)N2c2nc3ccccc3s2)cc1OC. The zero-order chi connectivity index (χ0) is 24.7. The van der Waals surface area contributed by atoms with Gasteiger partial charge in [-0.15, -0.1) is 0 Å². The number of aryl methyl sites for hydroxylation is 1. The number of nitrogens with zero attached hydrogens (tertiary/aromatic N) is 2. The lowest BCUT2D eigenvalue weighted by molar-refractivity contribution is -0.132. The van der Waals surface area contributed by atoms with Gasteiger partial charge >= 0.3 is 5.91 Å². The summed E-state index contributed by atoms with van der Waals surface area (Å²) in [4.78, 5) is 32.7. The number of Topliss-reactive ketones (excluding diaryl/α,β-unsaturated/α-hetero) is 1. The lowest BCUT2D eigenvalue weighted by Gasteiger charge is -2.23. The third-order valence-electron chi connectivity index (χ3n) is 5.98. The molecule has 8 heteroatoms. The Hall–Kier alpha value is -4.17. The van der Waals surface area contributed by atoms with Crippen LogP contribution < -0.4 is 14.4 Å². The van der Waals surface area contributed by atoms with Gasteiger partial charge in [0.05, 0.1) is 36.1 Å². The molecule has 1 amide bonds. The summed E-state index contributed by atoms with van der Waals surface area (Å²) in [6.45, 7) is 1.93. The van der Waals surface area contributed by atoms with Crippen LogP contribution in [0.25, 0.3) is 16.0 Å². The number of thiazole rings is 1. The lowest BCUT2D eigenvalue weighted by Crippen LogP contribution is -2.29. The van der Waals surface area contributed by atoms with Gasteiger partial charge in [0, 0.05) is 5.56 Å². The van der Waals surface area contributed by atoms with Crippen molar-refractivity contribution in [3.8, 4) is 11.5 Å². The second-order valence-corrected chi connectivity index (χ2v) is 9.12. The number of fused-ring (bicyclic) bond motifs is 1. The molecule has 1 aliphatic rings. The van der Waals surface area contributed by atoms with E-state index in [1.165, 1.54) is 30.5 Å². The van der Waals surface area contributed by atoms with E-state index < -0.39 is 17.7 Å². The van der Waals surface area contributed by atoms with Crippen molar-refractivity contribution in [2.75, 3.05) is 19.1 Å². The summed E-state index contributed by atoms with van der Waals surface area (Å²) in [7, 11) is 3.04. The van der Waals surface area contributed by atoms with Crippen LogP contribution in [0.3, 0.4) is 0 Å². The Bertz CT molecular complexity index is 1460. The molecule has 3 aromatic carbocycles. The maximum atomic E-state index is 13.4. The van der Waals surface area contributed by atoms with E-state index in [0.717, 1.165) is 15.8 Å². The van der Waals surface area contributed by atoms with Gasteiger partial charge in [-0.1, -0.05) is 59.4 Å². The van der Waals surface area contributed by atoms with Crippen molar-refractivity contribution in [1.29, 1.82) is 0 Å². The standard InChI is InChI=1S/C27H22N2O5S/c1-15-8-10-16(11-9-15)24(30)22-23(17-12-13-19(33-2)20(14-17)34-3)29(26(32)25(22)31)27-28-18-6-4-5-7-21(18)35-27/h4-14,23,30H,1-3H3/b24-22+/t23-/m0/s1. The van der Waals surface area contributed by atoms with E-state index in [1.807, 2.05) is 43.3 Å². The second kappa shape index (κ2) is 8.88. The van der Waals surface area contributed by atoms with E-state index in [1.54, 1.807) is 30.3 Å². The third-order valence-corrected chi connectivity index (χ3v) is 7.02. The Morgan fingerprint density at radius 1 is 0.971 bits per heavy atom. The van der Waals surface area contributed by atoms with Crippen molar-refractivity contribution < 1.29 is 24.2 Å². The molecule has 0 spiro atoms. The van der Waals surface area contributed by atoms with E-state index in [0.29, 0.717) is 27.8 Å². The minimum atomic E-state index is -0.906. The molecular formula is C27H22N2O5S. The average Bonchev–Trinajstić information content (AvgIpc) is 3.42. The molecule has 176 valence electrons. The molecule has 7 nitrogen and oxygen atoms in total. The van der Waals surface area contributed by atoms with E-state index in [-0.39, 0.29) is 11.3 Å². The van der Waals surface area contributed by atoms with Gasteiger partial charge in [0.25, 0.3) is 5.78 Å². The van der Waals surface area contributed by atoms with Crippen molar-refractivity contribution in [3.63, 3.8) is 0 Å². The fraction of sp³-hybridized carbons (Fsp3) is 0.148. The molecule has 0 aliphatic carbocycles. The number of benzene rings is 3. The molecule has 1 aliphatic heterocycles. The summed E-state index contributed by atoms with van der Waals surface area (Å²) in [6.07, 6.45) is 0. The number of amides is 1. The van der Waals surface area contributed by atoms with Crippen LogP contribution in [0.2, 0.25) is 0 Å².